The highest BCUT2D eigenvalue weighted by Crippen LogP contribution is 2.36. The van der Waals surface area contributed by atoms with Crippen LogP contribution in [-0.2, 0) is 6.18 Å². The van der Waals surface area contributed by atoms with Crippen molar-refractivity contribution in [1.82, 2.24) is 0 Å². The van der Waals surface area contributed by atoms with Crippen LogP contribution in [0.5, 0.6) is 0 Å². The van der Waals surface area contributed by atoms with Crippen LogP contribution in [0.15, 0.2) is 12.1 Å². The van der Waals surface area contributed by atoms with Gasteiger partial charge in [-0.3, -0.25) is 0 Å². The molecule has 0 aliphatic rings. The molecular weight excluding hydrogens is 333 g/mol. The molecule has 0 spiro atoms. The van der Waals surface area contributed by atoms with E-state index in [-0.39, 0.29) is 18.3 Å². The van der Waals surface area contributed by atoms with Crippen LogP contribution in [0.1, 0.15) is 37.4 Å². The van der Waals surface area contributed by atoms with Crippen LogP contribution in [0.2, 0.25) is 5.02 Å². The van der Waals surface area contributed by atoms with Gasteiger partial charge in [0.2, 0.25) is 0 Å². The van der Waals surface area contributed by atoms with Crippen LogP contribution in [-0.4, -0.2) is 11.2 Å². The molecule has 0 heterocycles. The molecular formula is C13H17Cl2F4NO. The lowest BCUT2D eigenvalue weighted by atomic mass is 9.90. The molecule has 3 atom stereocenters. The minimum absolute atomic E-state index is 0. The van der Waals surface area contributed by atoms with E-state index in [1.165, 1.54) is 0 Å². The molecule has 2 nitrogen and oxygen atoms in total. The number of alkyl halides is 3. The summed E-state index contributed by atoms with van der Waals surface area (Å²) in [4.78, 5) is 0. The lowest BCUT2D eigenvalue weighted by Crippen LogP contribution is -2.32. The summed E-state index contributed by atoms with van der Waals surface area (Å²) in [6.07, 6.45) is -5.26. The summed E-state index contributed by atoms with van der Waals surface area (Å²) in [5.41, 5.74) is 4.16. The van der Waals surface area contributed by atoms with Gasteiger partial charge in [-0.15, -0.1) is 12.4 Å². The second kappa shape index (κ2) is 7.63. The largest absolute Gasteiger partial charge is 0.416 e. The van der Waals surface area contributed by atoms with Gasteiger partial charge >= 0.3 is 6.18 Å². The molecule has 21 heavy (non-hydrogen) atoms. The topological polar surface area (TPSA) is 46.2 Å². The highest BCUT2D eigenvalue weighted by Gasteiger charge is 2.34. The maximum Gasteiger partial charge on any atom is 0.416 e. The number of aliphatic hydroxyl groups excluding tert-OH is 1. The van der Waals surface area contributed by atoms with Crippen molar-refractivity contribution >= 4 is 24.0 Å². The SMILES string of the molecule is CCC(C)[C@@H](O)[C@@H](N)c1cc(C(F)(F)F)cc(Cl)c1F.Cl. The Morgan fingerprint density at radius 3 is 2.29 bits per heavy atom. The smallest absolute Gasteiger partial charge is 0.391 e. The molecule has 0 radical (unpaired) electrons. The van der Waals surface area contributed by atoms with E-state index < -0.39 is 40.3 Å². The highest BCUT2D eigenvalue weighted by atomic mass is 35.5. The van der Waals surface area contributed by atoms with E-state index in [0.29, 0.717) is 18.6 Å². The monoisotopic (exact) mass is 349 g/mol. The summed E-state index contributed by atoms with van der Waals surface area (Å²) in [7, 11) is 0. The van der Waals surface area contributed by atoms with Gasteiger partial charge in [0.1, 0.15) is 5.82 Å². The number of nitrogens with two attached hydrogens (primary N) is 1. The van der Waals surface area contributed by atoms with Crippen LogP contribution in [0, 0.1) is 11.7 Å². The molecule has 3 N–H and O–H groups in total. The molecule has 1 unspecified atom stereocenters. The van der Waals surface area contributed by atoms with E-state index in [0.717, 1.165) is 0 Å². The fourth-order valence-corrected chi connectivity index (χ4v) is 2.02. The van der Waals surface area contributed by atoms with Crippen molar-refractivity contribution in [2.75, 3.05) is 0 Å². The Balaban J connectivity index is 0.00000400. The number of hydrogen-bond acceptors (Lipinski definition) is 2. The van der Waals surface area contributed by atoms with Crippen molar-refractivity contribution < 1.29 is 22.7 Å². The van der Waals surface area contributed by atoms with Crippen molar-refractivity contribution in [1.29, 1.82) is 0 Å². The third kappa shape index (κ3) is 4.71. The summed E-state index contributed by atoms with van der Waals surface area (Å²) in [5.74, 6) is -1.31. The maximum absolute atomic E-state index is 13.9. The molecule has 1 aromatic rings. The number of rotatable bonds is 4. The van der Waals surface area contributed by atoms with Crippen molar-refractivity contribution in [3.8, 4) is 0 Å². The highest BCUT2D eigenvalue weighted by molar-refractivity contribution is 6.30. The van der Waals surface area contributed by atoms with Crippen molar-refractivity contribution in [2.45, 2.75) is 38.6 Å². The standard InChI is InChI=1S/C13H16ClF4NO.ClH/c1-3-6(2)12(20)11(19)8-4-7(13(16,17)18)5-9(14)10(8)15;/h4-6,11-12,20H,3,19H2,1-2H3;1H/t6?,11-,12+;/m0./s1. The number of halogens is 6. The first-order chi connectivity index (χ1) is 9.09. The van der Waals surface area contributed by atoms with E-state index in [1.807, 2.05) is 0 Å². The van der Waals surface area contributed by atoms with E-state index >= 15 is 0 Å². The molecule has 0 saturated carbocycles. The van der Waals surface area contributed by atoms with E-state index in [9.17, 15) is 22.7 Å². The molecule has 0 amide bonds. The predicted molar refractivity (Wildman–Crippen MR) is 76.1 cm³/mol. The van der Waals surface area contributed by atoms with E-state index in [2.05, 4.69) is 0 Å². The quantitative estimate of drug-likeness (QED) is 0.795. The van der Waals surface area contributed by atoms with Crippen molar-refractivity contribution in [2.24, 2.45) is 11.7 Å². The first-order valence-electron chi connectivity index (χ1n) is 6.09. The second-order valence-corrected chi connectivity index (χ2v) is 5.17. The molecule has 0 aromatic heterocycles. The molecule has 0 bridgehead atoms. The van der Waals surface area contributed by atoms with Gasteiger partial charge in [-0.2, -0.15) is 13.2 Å². The lowest BCUT2D eigenvalue weighted by molar-refractivity contribution is -0.137. The van der Waals surface area contributed by atoms with Crippen molar-refractivity contribution in [3.05, 3.63) is 34.1 Å². The molecule has 0 aliphatic heterocycles. The Morgan fingerprint density at radius 1 is 1.33 bits per heavy atom. The Morgan fingerprint density at radius 2 is 1.86 bits per heavy atom. The summed E-state index contributed by atoms with van der Waals surface area (Å²) >= 11 is 5.48. The summed E-state index contributed by atoms with van der Waals surface area (Å²) in [6, 6.07) is -0.176. The first-order valence-corrected chi connectivity index (χ1v) is 6.47. The van der Waals surface area contributed by atoms with Gasteiger partial charge in [0.05, 0.1) is 22.7 Å². The minimum atomic E-state index is -4.66. The molecule has 0 fully saturated rings. The van der Waals surface area contributed by atoms with Crippen LogP contribution in [0.25, 0.3) is 0 Å². The fourth-order valence-electron chi connectivity index (χ4n) is 1.80. The van der Waals surface area contributed by atoms with Gasteiger partial charge in [-0.05, 0) is 18.1 Å². The summed E-state index contributed by atoms with van der Waals surface area (Å²) in [6.45, 7) is 3.47. The predicted octanol–water partition coefficient (Wildman–Crippen LogP) is 4.33. The molecule has 1 aromatic carbocycles. The number of hydrogen-bond donors (Lipinski definition) is 2. The molecule has 0 aliphatic carbocycles. The first kappa shape index (κ1) is 20.4. The molecule has 1 rings (SSSR count). The zero-order valence-electron chi connectivity index (χ0n) is 11.4. The number of aliphatic hydroxyl groups is 1. The maximum atomic E-state index is 13.9. The number of benzene rings is 1. The fraction of sp³-hybridized carbons (Fsp3) is 0.538. The molecule has 8 heteroatoms. The third-order valence-corrected chi connectivity index (χ3v) is 3.61. The molecule has 0 saturated heterocycles. The van der Waals surface area contributed by atoms with Crippen LogP contribution in [0.3, 0.4) is 0 Å². The average Bonchev–Trinajstić information content (AvgIpc) is 2.37. The Labute approximate surface area is 131 Å². The normalized spacial score (nSPS) is 16.0. The van der Waals surface area contributed by atoms with Crippen molar-refractivity contribution in [3.63, 3.8) is 0 Å². The Kier molecular flexibility index (Phi) is 7.42. The average molecular weight is 350 g/mol. The van der Waals surface area contributed by atoms with Gasteiger partial charge in [-0.25, -0.2) is 4.39 Å². The zero-order chi connectivity index (χ0) is 15.7. The van der Waals surface area contributed by atoms with Gasteiger partial charge in [0, 0.05) is 5.56 Å². The van der Waals surface area contributed by atoms with Gasteiger partial charge < -0.3 is 10.8 Å². The minimum Gasteiger partial charge on any atom is -0.391 e. The Hall–Kier alpha value is -0.560. The zero-order valence-corrected chi connectivity index (χ0v) is 13.0. The van der Waals surface area contributed by atoms with Gasteiger partial charge in [-0.1, -0.05) is 31.9 Å². The van der Waals surface area contributed by atoms with E-state index in [1.54, 1.807) is 13.8 Å². The van der Waals surface area contributed by atoms with Crippen LogP contribution in [0.4, 0.5) is 17.6 Å². The van der Waals surface area contributed by atoms with Crippen LogP contribution < -0.4 is 5.73 Å². The van der Waals surface area contributed by atoms with Gasteiger partial charge in [0.25, 0.3) is 0 Å². The third-order valence-electron chi connectivity index (χ3n) is 3.34. The Bertz CT molecular complexity index is 482. The second-order valence-electron chi connectivity index (χ2n) is 4.76. The van der Waals surface area contributed by atoms with Crippen LogP contribution >= 0.6 is 24.0 Å². The van der Waals surface area contributed by atoms with E-state index in [4.69, 9.17) is 17.3 Å². The summed E-state index contributed by atoms with van der Waals surface area (Å²) in [5, 5.41) is 9.27. The lowest BCUT2D eigenvalue weighted by Gasteiger charge is -2.25. The summed E-state index contributed by atoms with van der Waals surface area (Å²) < 4.78 is 51.9. The molecule has 122 valence electrons. The van der Waals surface area contributed by atoms with Gasteiger partial charge in [0.15, 0.2) is 0 Å².